The molecule has 0 amide bonds. The van der Waals surface area contributed by atoms with Gasteiger partial charge in [-0.3, -0.25) is 4.79 Å². The van der Waals surface area contributed by atoms with Gasteiger partial charge in [0.15, 0.2) is 0 Å². The Morgan fingerprint density at radius 2 is 1.67 bits per heavy atom. The van der Waals surface area contributed by atoms with Gasteiger partial charge in [0.1, 0.15) is 6.29 Å². The first kappa shape index (κ1) is 8.24. The topological polar surface area (TPSA) is 17.1 Å². The summed E-state index contributed by atoms with van der Waals surface area (Å²) in [5.74, 6) is 0. The van der Waals surface area contributed by atoms with Crippen LogP contribution in [0.15, 0.2) is 30.3 Å². The maximum Gasteiger partial charge on any atom is 0.150 e. The monoisotopic (exact) mass is 138 g/mol. The number of aldehydes is 1. The van der Waals surface area contributed by atoms with Gasteiger partial charge in [0.25, 0.3) is 0 Å². The van der Waals surface area contributed by atoms with Crippen LogP contribution in [0.3, 0.4) is 0 Å². The Morgan fingerprint density at radius 3 is 2.00 bits per heavy atom. The molecule has 2 heteroatoms. The highest BCUT2D eigenvalue weighted by molar-refractivity contribution is 7.59. The van der Waals surface area contributed by atoms with Crippen LogP contribution in [0.25, 0.3) is 0 Å². The summed E-state index contributed by atoms with van der Waals surface area (Å²) >= 11 is 0. The lowest BCUT2D eigenvalue weighted by Crippen LogP contribution is -1.73. The molecule has 46 valence electrons. The molecule has 1 aromatic carbocycles. The number of carbonyl (C=O) groups is 1. The Kier molecular flexibility index (Phi) is 3.80. The van der Waals surface area contributed by atoms with E-state index in [1.54, 1.807) is 12.1 Å². The second kappa shape index (κ2) is 4.15. The molecule has 0 N–H and O–H groups in total. The van der Waals surface area contributed by atoms with Crippen LogP contribution >= 0.6 is 13.5 Å². The van der Waals surface area contributed by atoms with E-state index in [-0.39, 0.29) is 13.5 Å². The van der Waals surface area contributed by atoms with E-state index in [1.165, 1.54) is 0 Å². The average Bonchev–Trinajstić information content (AvgIpc) is 1.90. The molecule has 0 saturated heterocycles. The number of benzene rings is 1. The van der Waals surface area contributed by atoms with Crippen molar-refractivity contribution in [1.29, 1.82) is 0 Å². The number of rotatable bonds is 1. The molecule has 0 atom stereocenters. The van der Waals surface area contributed by atoms with Crippen molar-refractivity contribution in [1.82, 2.24) is 0 Å². The third-order valence-electron chi connectivity index (χ3n) is 0.936. The molecule has 0 aromatic heterocycles. The first-order valence-electron chi connectivity index (χ1n) is 2.44. The van der Waals surface area contributed by atoms with Crippen molar-refractivity contribution in [2.24, 2.45) is 0 Å². The predicted molar refractivity (Wildman–Crippen MR) is 39.4 cm³/mol. The number of hydrogen-bond donors (Lipinski definition) is 0. The summed E-state index contributed by atoms with van der Waals surface area (Å²) in [5.41, 5.74) is 0.729. The molecule has 0 heterocycles. The normalized spacial score (nSPS) is 7.56. The highest BCUT2D eigenvalue weighted by Crippen LogP contribution is 1.91. The van der Waals surface area contributed by atoms with Crippen molar-refractivity contribution >= 4 is 19.8 Å². The highest BCUT2D eigenvalue weighted by Gasteiger charge is 1.79. The lowest BCUT2D eigenvalue weighted by atomic mass is 10.2. The fraction of sp³-hybridized carbons (Fsp3) is 0. The number of hydrogen-bond acceptors (Lipinski definition) is 1. The molecule has 9 heavy (non-hydrogen) atoms. The highest BCUT2D eigenvalue weighted by atomic mass is 32.1. The molecule has 2 radical (unpaired) electrons. The smallest absolute Gasteiger partial charge is 0.150 e. The van der Waals surface area contributed by atoms with Crippen LogP contribution in [-0.4, -0.2) is 6.29 Å². The molecule has 0 fully saturated rings. The van der Waals surface area contributed by atoms with Crippen molar-refractivity contribution in [3.05, 3.63) is 35.9 Å². The summed E-state index contributed by atoms with van der Waals surface area (Å²) in [6, 6.07) is 9.10. The second-order valence-corrected chi connectivity index (χ2v) is 1.53. The summed E-state index contributed by atoms with van der Waals surface area (Å²) in [4.78, 5) is 10.0. The van der Waals surface area contributed by atoms with Crippen LogP contribution in [0, 0.1) is 0 Å². The zero-order valence-corrected chi connectivity index (χ0v) is 5.60. The van der Waals surface area contributed by atoms with E-state index in [9.17, 15) is 4.79 Å². The molecule has 0 saturated carbocycles. The van der Waals surface area contributed by atoms with Gasteiger partial charge >= 0.3 is 0 Å². The summed E-state index contributed by atoms with van der Waals surface area (Å²) < 4.78 is 0. The minimum atomic E-state index is 0. The van der Waals surface area contributed by atoms with Gasteiger partial charge in [-0.25, -0.2) is 0 Å². The average molecular weight is 138 g/mol. The Balaban J connectivity index is 0.000000640. The SMILES string of the molecule is O=Cc1ccccc1.[S]. The predicted octanol–water partition coefficient (Wildman–Crippen LogP) is 2.15. The van der Waals surface area contributed by atoms with E-state index in [1.807, 2.05) is 18.2 Å². The van der Waals surface area contributed by atoms with E-state index in [0.717, 1.165) is 11.8 Å². The summed E-state index contributed by atoms with van der Waals surface area (Å²) in [6.07, 6.45) is 0.833. The van der Waals surface area contributed by atoms with Crippen LogP contribution in [0.1, 0.15) is 10.4 Å². The molecule has 0 aliphatic carbocycles. The molecular weight excluding hydrogens is 132 g/mol. The van der Waals surface area contributed by atoms with Gasteiger partial charge in [-0.15, -0.1) is 0 Å². The van der Waals surface area contributed by atoms with E-state index in [0.29, 0.717) is 0 Å². The molecule has 1 aromatic rings. The van der Waals surface area contributed by atoms with Gasteiger partial charge in [-0.2, -0.15) is 0 Å². The Morgan fingerprint density at radius 1 is 1.11 bits per heavy atom. The van der Waals surface area contributed by atoms with Crippen molar-refractivity contribution in [2.75, 3.05) is 0 Å². The Labute approximate surface area is 61.2 Å². The van der Waals surface area contributed by atoms with Crippen LogP contribution in [0.5, 0.6) is 0 Å². The number of carbonyl (C=O) groups excluding carboxylic acids is 1. The third kappa shape index (κ3) is 2.33. The molecule has 1 rings (SSSR count). The quantitative estimate of drug-likeness (QED) is 0.543. The van der Waals surface area contributed by atoms with Gasteiger partial charge < -0.3 is 0 Å². The first-order valence-corrected chi connectivity index (χ1v) is 2.44. The standard InChI is InChI=1S/C7H6O.S/c8-6-7-4-2-1-3-5-7;/h1-6H;. The minimum Gasteiger partial charge on any atom is -0.298 e. The maximum atomic E-state index is 10.0. The van der Waals surface area contributed by atoms with Crippen LogP contribution in [0.2, 0.25) is 0 Å². The van der Waals surface area contributed by atoms with E-state index >= 15 is 0 Å². The van der Waals surface area contributed by atoms with Gasteiger partial charge in [-0.05, 0) is 0 Å². The van der Waals surface area contributed by atoms with Crippen molar-refractivity contribution in [3.63, 3.8) is 0 Å². The zero-order valence-electron chi connectivity index (χ0n) is 4.78. The van der Waals surface area contributed by atoms with Crippen LogP contribution in [0.4, 0.5) is 0 Å². The fourth-order valence-corrected chi connectivity index (χ4v) is 0.532. The summed E-state index contributed by atoms with van der Waals surface area (Å²) in [6.45, 7) is 0. The molecular formula is C7H6OS. The molecule has 0 aliphatic rings. The molecule has 0 spiro atoms. The first-order chi connectivity index (χ1) is 3.93. The van der Waals surface area contributed by atoms with Gasteiger partial charge in [0.2, 0.25) is 0 Å². The molecule has 0 unspecified atom stereocenters. The van der Waals surface area contributed by atoms with E-state index in [4.69, 9.17) is 0 Å². The second-order valence-electron chi connectivity index (χ2n) is 1.53. The van der Waals surface area contributed by atoms with E-state index < -0.39 is 0 Å². The Hall–Kier alpha value is -0.760. The molecule has 1 nitrogen and oxygen atoms in total. The molecule has 0 bridgehead atoms. The van der Waals surface area contributed by atoms with Crippen molar-refractivity contribution in [3.8, 4) is 0 Å². The van der Waals surface area contributed by atoms with Gasteiger partial charge in [0.05, 0.1) is 0 Å². The fourth-order valence-electron chi connectivity index (χ4n) is 0.532. The molecule has 0 aliphatic heterocycles. The lowest BCUT2D eigenvalue weighted by Gasteiger charge is -1.81. The summed E-state index contributed by atoms with van der Waals surface area (Å²) in [5, 5.41) is 0. The van der Waals surface area contributed by atoms with Crippen LogP contribution < -0.4 is 0 Å². The van der Waals surface area contributed by atoms with Crippen molar-refractivity contribution < 1.29 is 4.79 Å². The third-order valence-corrected chi connectivity index (χ3v) is 0.936. The lowest BCUT2D eigenvalue weighted by molar-refractivity contribution is 0.112. The van der Waals surface area contributed by atoms with Gasteiger partial charge in [0, 0.05) is 19.1 Å². The zero-order chi connectivity index (χ0) is 5.82. The largest absolute Gasteiger partial charge is 0.298 e. The maximum absolute atomic E-state index is 10.0. The Bertz CT molecular complexity index is 172. The van der Waals surface area contributed by atoms with Crippen molar-refractivity contribution in [2.45, 2.75) is 0 Å². The van der Waals surface area contributed by atoms with Crippen LogP contribution in [-0.2, 0) is 0 Å². The summed E-state index contributed by atoms with van der Waals surface area (Å²) in [7, 11) is 0. The van der Waals surface area contributed by atoms with Gasteiger partial charge in [-0.1, -0.05) is 30.3 Å². The minimum absolute atomic E-state index is 0. The van der Waals surface area contributed by atoms with E-state index in [2.05, 4.69) is 0 Å².